The first-order valence-corrected chi connectivity index (χ1v) is 6.84. The van der Waals surface area contributed by atoms with E-state index in [1.165, 1.54) is 12.3 Å². The van der Waals surface area contributed by atoms with Crippen molar-refractivity contribution in [3.05, 3.63) is 52.6 Å². The highest BCUT2D eigenvalue weighted by Crippen LogP contribution is 2.23. The Morgan fingerprint density at radius 1 is 1.23 bits per heavy atom. The third-order valence-electron chi connectivity index (χ3n) is 2.82. The Morgan fingerprint density at radius 2 is 2.00 bits per heavy atom. The zero-order chi connectivity index (χ0) is 15.9. The number of rotatable bonds is 6. The Morgan fingerprint density at radius 3 is 2.73 bits per heavy atom. The van der Waals surface area contributed by atoms with E-state index in [1.807, 2.05) is 13.0 Å². The van der Waals surface area contributed by atoms with E-state index in [-0.39, 0.29) is 17.8 Å². The van der Waals surface area contributed by atoms with Gasteiger partial charge in [0.1, 0.15) is 11.5 Å². The second-order valence-electron chi connectivity index (χ2n) is 4.44. The van der Waals surface area contributed by atoms with E-state index in [4.69, 9.17) is 13.9 Å². The van der Waals surface area contributed by atoms with Crippen LogP contribution in [0.3, 0.4) is 0 Å². The van der Waals surface area contributed by atoms with Crippen molar-refractivity contribution in [1.82, 2.24) is 0 Å². The molecule has 0 radical (unpaired) electrons. The molecule has 2 rings (SSSR count). The van der Waals surface area contributed by atoms with Crippen molar-refractivity contribution in [3.8, 4) is 11.5 Å². The van der Waals surface area contributed by atoms with Crippen molar-refractivity contribution in [1.29, 1.82) is 0 Å². The third-order valence-corrected chi connectivity index (χ3v) is 2.82. The second-order valence-corrected chi connectivity index (χ2v) is 4.44. The van der Waals surface area contributed by atoms with Gasteiger partial charge in [-0.1, -0.05) is 12.1 Å². The first kappa shape index (κ1) is 15.6. The van der Waals surface area contributed by atoms with Crippen LogP contribution in [-0.2, 0) is 4.79 Å². The molecule has 116 valence electrons. The van der Waals surface area contributed by atoms with Crippen molar-refractivity contribution in [2.45, 2.75) is 13.8 Å². The molecule has 1 N–H and O–H groups in total. The molecule has 6 nitrogen and oxygen atoms in total. The quantitative estimate of drug-likeness (QED) is 0.886. The number of hydrogen-bond acceptors (Lipinski definition) is 5. The summed E-state index contributed by atoms with van der Waals surface area (Å²) in [5.41, 5.74) is 0.223. The highest BCUT2D eigenvalue weighted by Gasteiger charge is 2.11. The fraction of sp³-hybridized carbons (Fsp3) is 0.250. The van der Waals surface area contributed by atoms with Gasteiger partial charge in [0, 0.05) is 6.07 Å². The Balaban J connectivity index is 2.01. The Bertz CT molecular complexity index is 708. The van der Waals surface area contributed by atoms with Gasteiger partial charge in [0.2, 0.25) is 11.2 Å². The number of carbonyl (C=O) groups excluding carboxylic acids is 1. The van der Waals surface area contributed by atoms with Crippen LogP contribution in [0.15, 0.2) is 45.8 Å². The molecule has 0 fully saturated rings. The molecule has 0 saturated heterocycles. The summed E-state index contributed by atoms with van der Waals surface area (Å²) in [6.45, 7) is 3.65. The number of benzene rings is 1. The molecule has 0 bridgehead atoms. The minimum absolute atomic E-state index is 0.0377. The predicted octanol–water partition coefficient (Wildman–Crippen LogP) is 2.36. The number of ether oxygens (including phenoxy) is 2. The smallest absolute Gasteiger partial charge is 0.262 e. The summed E-state index contributed by atoms with van der Waals surface area (Å²) in [5, 5.41) is 2.68. The lowest BCUT2D eigenvalue weighted by Crippen LogP contribution is -2.22. The molecule has 0 unspecified atom stereocenters. The van der Waals surface area contributed by atoms with Crippen LogP contribution in [-0.4, -0.2) is 19.1 Å². The van der Waals surface area contributed by atoms with Crippen LogP contribution < -0.4 is 20.2 Å². The zero-order valence-electron chi connectivity index (χ0n) is 12.4. The van der Waals surface area contributed by atoms with Crippen molar-refractivity contribution in [3.63, 3.8) is 0 Å². The molecule has 0 atom stereocenters. The Hall–Kier alpha value is -2.76. The number of hydrogen-bond donors (Lipinski definition) is 1. The molecular weight excluding hydrogens is 286 g/mol. The van der Waals surface area contributed by atoms with Gasteiger partial charge in [0.25, 0.3) is 5.91 Å². The summed E-state index contributed by atoms with van der Waals surface area (Å²) in [6.07, 6.45) is 1.28. The summed E-state index contributed by atoms with van der Waals surface area (Å²) in [6, 6.07) is 8.33. The van der Waals surface area contributed by atoms with Crippen LogP contribution in [0.1, 0.15) is 12.7 Å². The van der Waals surface area contributed by atoms with Gasteiger partial charge in [0.15, 0.2) is 6.61 Å². The van der Waals surface area contributed by atoms with Crippen LogP contribution in [0.5, 0.6) is 11.5 Å². The van der Waals surface area contributed by atoms with E-state index >= 15 is 0 Å². The number of anilines is 1. The van der Waals surface area contributed by atoms with Crippen LogP contribution in [0.25, 0.3) is 0 Å². The molecule has 0 aliphatic carbocycles. The van der Waals surface area contributed by atoms with E-state index < -0.39 is 5.91 Å². The van der Waals surface area contributed by atoms with Gasteiger partial charge in [0.05, 0.1) is 18.6 Å². The Kier molecular flexibility index (Phi) is 5.19. The minimum atomic E-state index is -0.394. The maximum Gasteiger partial charge on any atom is 0.262 e. The van der Waals surface area contributed by atoms with Crippen molar-refractivity contribution < 1.29 is 18.7 Å². The molecule has 0 aliphatic rings. The SMILES string of the molecule is CCOc1ccccc1NC(=O)COc1c(C)occc1=O. The molecule has 1 aromatic heterocycles. The van der Waals surface area contributed by atoms with Crippen molar-refractivity contribution >= 4 is 11.6 Å². The highest BCUT2D eigenvalue weighted by molar-refractivity contribution is 5.93. The molecule has 1 aromatic carbocycles. The van der Waals surface area contributed by atoms with Crippen LogP contribution in [0.4, 0.5) is 5.69 Å². The van der Waals surface area contributed by atoms with Gasteiger partial charge in [-0.3, -0.25) is 9.59 Å². The maximum atomic E-state index is 11.9. The first-order valence-electron chi connectivity index (χ1n) is 6.84. The second kappa shape index (κ2) is 7.31. The number of carbonyl (C=O) groups is 1. The standard InChI is InChI=1S/C16H17NO5/c1-3-20-14-7-5-4-6-12(14)17-15(19)10-22-16-11(2)21-9-8-13(16)18/h4-9H,3,10H2,1-2H3,(H,17,19). The van der Waals surface area contributed by atoms with Crippen molar-refractivity contribution in [2.75, 3.05) is 18.5 Å². The molecule has 1 heterocycles. The number of nitrogens with one attached hydrogen (secondary N) is 1. The topological polar surface area (TPSA) is 77.8 Å². The van der Waals surface area contributed by atoms with Gasteiger partial charge < -0.3 is 19.2 Å². The average Bonchev–Trinajstić information content (AvgIpc) is 2.49. The van der Waals surface area contributed by atoms with Gasteiger partial charge in [-0.05, 0) is 26.0 Å². The van der Waals surface area contributed by atoms with E-state index in [0.717, 1.165) is 0 Å². The number of aryl methyl sites for hydroxylation is 1. The largest absolute Gasteiger partial charge is 0.492 e. The molecule has 0 saturated carbocycles. The molecule has 0 aliphatic heterocycles. The van der Waals surface area contributed by atoms with E-state index in [0.29, 0.717) is 23.8 Å². The molecule has 2 aromatic rings. The normalized spacial score (nSPS) is 10.1. The highest BCUT2D eigenvalue weighted by atomic mass is 16.5. The fourth-order valence-electron chi connectivity index (χ4n) is 1.85. The summed E-state index contributed by atoms with van der Waals surface area (Å²) < 4.78 is 15.7. The maximum absolute atomic E-state index is 11.9. The predicted molar refractivity (Wildman–Crippen MR) is 81.5 cm³/mol. The molecule has 0 spiro atoms. The van der Waals surface area contributed by atoms with Gasteiger partial charge in [-0.2, -0.15) is 0 Å². The third kappa shape index (κ3) is 3.88. The van der Waals surface area contributed by atoms with E-state index in [2.05, 4.69) is 5.32 Å². The van der Waals surface area contributed by atoms with Crippen LogP contribution >= 0.6 is 0 Å². The molecule has 22 heavy (non-hydrogen) atoms. The zero-order valence-corrected chi connectivity index (χ0v) is 12.4. The summed E-state index contributed by atoms with van der Waals surface area (Å²) in [5.74, 6) is 0.550. The van der Waals surface area contributed by atoms with Crippen LogP contribution in [0.2, 0.25) is 0 Å². The number of amides is 1. The van der Waals surface area contributed by atoms with Gasteiger partial charge >= 0.3 is 0 Å². The molecule has 1 amide bonds. The number of para-hydroxylation sites is 2. The lowest BCUT2D eigenvalue weighted by molar-refractivity contribution is -0.118. The van der Waals surface area contributed by atoms with E-state index in [1.54, 1.807) is 25.1 Å². The van der Waals surface area contributed by atoms with Gasteiger partial charge in [-0.15, -0.1) is 0 Å². The van der Waals surface area contributed by atoms with E-state index in [9.17, 15) is 9.59 Å². The van der Waals surface area contributed by atoms with Crippen molar-refractivity contribution in [2.24, 2.45) is 0 Å². The van der Waals surface area contributed by atoms with Gasteiger partial charge in [-0.25, -0.2) is 0 Å². The first-order chi connectivity index (χ1) is 10.6. The molecule has 6 heteroatoms. The summed E-state index contributed by atoms with van der Waals surface area (Å²) in [4.78, 5) is 23.6. The lowest BCUT2D eigenvalue weighted by atomic mass is 10.3. The molecular formula is C16H17NO5. The Labute approximate surface area is 127 Å². The fourth-order valence-corrected chi connectivity index (χ4v) is 1.85. The minimum Gasteiger partial charge on any atom is -0.492 e. The average molecular weight is 303 g/mol. The lowest BCUT2D eigenvalue weighted by Gasteiger charge is -2.11. The van der Waals surface area contributed by atoms with Crippen LogP contribution in [0, 0.1) is 6.92 Å². The monoisotopic (exact) mass is 303 g/mol. The summed E-state index contributed by atoms with van der Waals surface area (Å²) in [7, 11) is 0. The summed E-state index contributed by atoms with van der Waals surface area (Å²) >= 11 is 0.